The molecule has 6 heteroatoms. The Morgan fingerprint density at radius 2 is 1.50 bits per heavy atom. The summed E-state index contributed by atoms with van der Waals surface area (Å²) in [5, 5.41) is 6.19. The molecular weight excluding hydrogens is 376 g/mol. The smallest absolute Gasteiger partial charge is 0.255 e. The Morgan fingerprint density at radius 1 is 0.857 bits per heavy atom. The van der Waals surface area contributed by atoms with Gasteiger partial charge in [0.2, 0.25) is 0 Å². The molecule has 2 amide bonds. The maximum atomic E-state index is 12.6. The van der Waals surface area contributed by atoms with Gasteiger partial charge in [-0.25, -0.2) is 0 Å². The number of carbonyl (C=O) groups is 2. The summed E-state index contributed by atoms with van der Waals surface area (Å²) >= 11 is 5.85. The molecule has 28 heavy (non-hydrogen) atoms. The molecule has 0 bridgehead atoms. The highest BCUT2D eigenvalue weighted by molar-refractivity contribution is 6.30. The number of para-hydroxylation sites is 2. The van der Waals surface area contributed by atoms with Crippen molar-refractivity contribution in [2.24, 2.45) is 0 Å². The van der Waals surface area contributed by atoms with Crippen LogP contribution in [-0.4, -0.2) is 18.4 Å². The van der Waals surface area contributed by atoms with Crippen LogP contribution in [0.25, 0.3) is 0 Å². The Kier molecular flexibility index (Phi) is 6.29. The summed E-state index contributed by atoms with van der Waals surface area (Å²) in [4.78, 5) is 25.1. The largest absolute Gasteiger partial charge is 0.492 e. The average molecular weight is 395 g/mol. The van der Waals surface area contributed by atoms with Gasteiger partial charge in [-0.3, -0.25) is 9.59 Å². The van der Waals surface area contributed by atoms with Crippen LogP contribution in [0.2, 0.25) is 5.02 Å². The molecule has 3 aromatic rings. The van der Waals surface area contributed by atoms with Crippen molar-refractivity contribution in [2.45, 2.75) is 6.92 Å². The van der Waals surface area contributed by atoms with Gasteiger partial charge in [-0.1, -0.05) is 29.8 Å². The molecule has 0 heterocycles. The fourth-order valence-electron chi connectivity index (χ4n) is 2.58. The SMILES string of the molecule is CCOc1ccccc1NC(=O)c1cccc(C(=O)Nc2ccc(Cl)cc2)c1. The van der Waals surface area contributed by atoms with E-state index in [1.54, 1.807) is 60.7 Å². The monoisotopic (exact) mass is 394 g/mol. The maximum absolute atomic E-state index is 12.6. The minimum Gasteiger partial charge on any atom is -0.492 e. The predicted molar refractivity (Wildman–Crippen MR) is 111 cm³/mol. The van der Waals surface area contributed by atoms with Crippen LogP contribution in [0.15, 0.2) is 72.8 Å². The van der Waals surface area contributed by atoms with Crippen LogP contribution in [0.4, 0.5) is 11.4 Å². The Labute approximate surface area is 168 Å². The molecule has 0 radical (unpaired) electrons. The molecular formula is C22H19ClN2O3. The number of rotatable bonds is 6. The summed E-state index contributed by atoms with van der Waals surface area (Å²) in [6.45, 7) is 2.37. The lowest BCUT2D eigenvalue weighted by Gasteiger charge is -2.12. The lowest BCUT2D eigenvalue weighted by atomic mass is 10.1. The molecule has 0 aliphatic rings. The van der Waals surface area contributed by atoms with Gasteiger partial charge in [0.25, 0.3) is 11.8 Å². The van der Waals surface area contributed by atoms with E-state index >= 15 is 0 Å². The van der Waals surface area contributed by atoms with E-state index in [0.29, 0.717) is 39.9 Å². The van der Waals surface area contributed by atoms with Crippen molar-refractivity contribution in [3.05, 3.63) is 88.9 Å². The number of carbonyl (C=O) groups excluding carboxylic acids is 2. The standard InChI is InChI=1S/C22H19ClN2O3/c1-2-28-20-9-4-3-8-19(20)25-22(27)16-7-5-6-15(14-16)21(26)24-18-12-10-17(23)11-13-18/h3-14H,2H2,1H3,(H,24,26)(H,25,27). The van der Waals surface area contributed by atoms with Crippen LogP contribution in [0.3, 0.4) is 0 Å². The lowest BCUT2D eigenvalue weighted by molar-refractivity contribution is 0.102. The van der Waals surface area contributed by atoms with Crippen LogP contribution in [-0.2, 0) is 0 Å². The fraction of sp³-hybridized carbons (Fsp3) is 0.0909. The van der Waals surface area contributed by atoms with E-state index in [2.05, 4.69) is 10.6 Å². The topological polar surface area (TPSA) is 67.4 Å². The molecule has 2 N–H and O–H groups in total. The Bertz CT molecular complexity index is 987. The highest BCUT2D eigenvalue weighted by Gasteiger charge is 2.13. The zero-order valence-electron chi connectivity index (χ0n) is 15.2. The molecule has 0 fully saturated rings. The lowest BCUT2D eigenvalue weighted by Crippen LogP contribution is -2.16. The van der Waals surface area contributed by atoms with Gasteiger partial charge in [-0.05, 0) is 61.5 Å². The van der Waals surface area contributed by atoms with E-state index in [0.717, 1.165) is 0 Å². The summed E-state index contributed by atoms with van der Waals surface area (Å²) in [7, 11) is 0. The Morgan fingerprint density at radius 3 is 2.18 bits per heavy atom. The Hall–Kier alpha value is -3.31. The van der Waals surface area contributed by atoms with E-state index in [1.165, 1.54) is 0 Å². The fourth-order valence-corrected chi connectivity index (χ4v) is 2.71. The molecule has 0 aromatic heterocycles. The van der Waals surface area contributed by atoms with Gasteiger partial charge in [0.15, 0.2) is 0 Å². The molecule has 0 saturated carbocycles. The number of ether oxygens (including phenoxy) is 1. The van der Waals surface area contributed by atoms with E-state index in [4.69, 9.17) is 16.3 Å². The van der Waals surface area contributed by atoms with Crippen molar-refractivity contribution in [1.82, 2.24) is 0 Å². The normalized spacial score (nSPS) is 10.2. The zero-order valence-corrected chi connectivity index (χ0v) is 16.0. The summed E-state index contributed by atoms with van der Waals surface area (Å²) < 4.78 is 5.52. The quantitative estimate of drug-likeness (QED) is 0.600. The van der Waals surface area contributed by atoms with Gasteiger partial charge in [0.1, 0.15) is 5.75 Å². The van der Waals surface area contributed by atoms with Crippen molar-refractivity contribution >= 4 is 34.8 Å². The van der Waals surface area contributed by atoms with Crippen molar-refractivity contribution < 1.29 is 14.3 Å². The van der Waals surface area contributed by atoms with Gasteiger partial charge in [-0.15, -0.1) is 0 Å². The second-order valence-electron chi connectivity index (χ2n) is 5.93. The molecule has 142 valence electrons. The van der Waals surface area contributed by atoms with Crippen molar-refractivity contribution in [3.8, 4) is 5.75 Å². The highest BCUT2D eigenvalue weighted by atomic mass is 35.5. The molecule has 0 aliphatic heterocycles. The third kappa shape index (κ3) is 4.90. The number of benzene rings is 3. The molecule has 0 unspecified atom stereocenters. The minimum atomic E-state index is -0.326. The first-order valence-electron chi connectivity index (χ1n) is 8.77. The first kappa shape index (κ1) is 19.5. The van der Waals surface area contributed by atoms with Crippen LogP contribution in [0, 0.1) is 0 Å². The number of halogens is 1. The summed E-state index contributed by atoms with van der Waals surface area (Å²) in [6, 6.07) is 20.5. The first-order chi connectivity index (χ1) is 13.6. The first-order valence-corrected chi connectivity index (χ1v) is 9.15. The summed E-state index contributed by atoms with van der Waals surface area (Å²) in [5.74, 6) is -0.0463. The zero-order chi connectivity index (χ0) is 19.9. The van der Waals surface area contributed by atoms with Crippen molar-refractivity contribution in [2.75, 3.05) is 17.2 Å². The van der Waals surface area contributed by atoms with Crippen molar-refractivity contribution in [3.63, 3.8) is 0 Å². The van der Waals surface area contributed by atoms with Crippen molar-refractivity contribution in [1.29, 1.82) is 0 Å². The predicted octanol–water partition coefficient (Wildman–Crippen LogP) is 5.24. The van der Waals surface area contributed by atoms with Crippen LogP contribution >= 0.6 is 11.6 Å². The number of amides is 2. The van der Waals surface area contributed by atoms with Gasteiger partial charge in [-0.2, -0.15) is 0 Å². The molecule has 0 atom stereocenters. The maximum Gasteiger partial charge on any atom is 0.255 e. The molecule has 3 rings (SSSR count). The summed E-state index contributed by atoms with van der Waals surface area (Å²) in [6.07, 6.45) is 0. The highest BCUT2D eigenvalue weighted by Crippen LogP contribution is 2.24. The second kappa shape index (κ2) is 9.06. The molecule has 3 aromatic carbocycles. The second-order valence-corrected chi connectivity index (χ2v) is 6.36. The molecule has 0 saturated heterocycles. The van der Waals surface area contributed by atoms with E-state index in [-0.39, 0.29) is 11.8 Å². The van der Waals surface area contributed by atoms with E-state index in [1.807, 2.05) is 19.1 Å². The summed E-state index contributed by atoms with van der Waals surface area (Å²) in [5.41, 5.74) is 1.94. The third-order valence-electron chi connectivity index (χ3n) is 3.92. The molecule has 5 nitrogen and oxygen atoms in total. The minimum absolute atomic E-state index is 0.313. The molecule has 0 spiro atoms. The van der Waals surface area contributed by atoms with Gasteiger partial charge < -0.3 is 15.4 Å². The van der Waals surface area contributed by atoms with Crippen LogP contribution in [0.1, 0.15) is 27.6 Å². The van der Waals surface area contributed by atoms with Gasteiger partial charge in [0, 0.05) is 21.8 Å². The van der Waals surface area contributed by atoms with Crippen LogP contribution < -0.4 is 15.4 Å². The third-order valence-corrected chi connectivity index (χ3v) is 4.18. The number of anilines is 2. The van der Waals surface area contributed by atoms with Gasteiger partial charge in [0.05, 0.1) is 12.3 Å². The van der Waals surface area contributed by atoms with Gasteiger partial charge >= 0.3 is 0 Å². The number of nitrogens with one attached hydrogen (secondary N) is 2. The number of hydrogen-bond donors (Lipinski definition) is 2. The van der Waals surface area contributed by atoms with Crippen LogP contribution in [0.5, 0.6) is 5.75 Å². The van der Waals surface area contributed by atoms with E-state index < -0.39 is 0 Å². The number of hydrogen-bond acceptors (Lipinski definition) is 3. The Balaban J connectivity index is 1.74. The molecule has 0 aliphatic carbocycles. The average Bonchev–Trinajstić information content (AvgIpc) is 2.71. The van der Waals surface area contributed by atoms with E-state index in [9.17, 15) is 9.59 Å².